The summed E-state index contributed by atoms with van der Waals surface area (Å²) >= 11 is 1.68. The number of ether oxygens (including phenoxy) is 1. The van der Waals surface area contributed by atoms with Crippen molar-refractivity contribution in [1.29, 1.82) is 0 Å². The van der Waals surface area contributed by atoms with Crippen LogP contribution in [-0.2, 0) is 16.0 Å². The molecule has 2 aromatic rings. The number of fused-ring (bicyclic) bond motifs is 5. The lowest BCUT2D eigenvalue weighted by molar-refractivity contribution is -0.130. The van der Waals surface area contributed by atoms with Crippen LogP contribution in [0.3, 0.4) is 0 Å². The number of unbranched alkanes of at least 4 members (excludes halogenated alkanes) is 2. The Morgan fingerprint density at radius 3 is 2.60 bits per heavy atom. The SMILES string of the molecule is CCCCC(CCCCOc1ccc([C@H]2C[C@]3(C)C(=O)CCC3C3CCc4cc(O)ccc4C32)cc1)SN(C)C(C)=O. The zero-order chi connectivity index (χ0) is 29.9. The third-order valence-electron chi connectivity index (χ3n) is 10.6. The number of Topliss-reactive ketones (excluding diaryl/α,β-unsaturated/α-hetero) is 1. The summed E-state index contributed by atoms with van der Waals surface area (Å²) in [6, 6.07) is 14.6. The van der Waals surface area contributed by atoms with Crippen molar-refractivity contribution in [1.82, 2.24) is 4.31 Å². The van der Waals surface area contributed by atoms with E-state index in [1.807, 2.05) is 19.2 Å². The molecule has 5 nitrogen and oxygen atoms in total. The highest BCUT2D eigenvalue weighted by Gasteiger charge is 2.57. The number of amides is 1. The number of hydrogen-bond donors (Lipinski definition) is 1. The summed E-state index contributed by atoms with van der Waals surface area (Å²) in [7, 11) is 1.87. The maximum atomic E-state index is 13.2. The third-order valence-corrected chi connectivity index (χ3v) is 11.9. The van der Waals surface area contributed by atoms with Gasteiger partial charge in [-0.1, -0.05) is 44.9 Å². The second kappa shape index (κ2) is 13.4. The van der Waals surface area contributed by atoms with Crippen molar-refractivity contribution >= 4 is 23.6 Å². The predicted molar refractivity (Wildman–Crippen MR) is 171 cm³/mol. The molecule has 2 fully saturated rings. The van der Waals surface area contributed by atoms with Gasteiger partial charge >= 0.3 is 0 Å². The van der Waals surface area contributed by atoms with Crippen LogP contribution in [0.25, 0.3) is 0 Å². The van der Waals surface area contributed by atoms with E-state index in [1.165, 1.54) is 29.5 Å². The lowest BCUT2D eigenvalue weighted by Crippen LogP contribution is -2.45. The zero-order valence-corrected chi connectivity index (χ0v) is 26.8. The highest BCUT2D eigenvalue weighted by Crippen LogP contribution is 2.64. The molecule has 3 aliphatic rings. The lowest BCUT2D eigenvalue weighted by atomic mass is 9.51. The molecule has 5 rings (SSSR count). The van der Waals surface area contributed by atoms with Crippen LogP contribution in [0.15, 0.2) is 42.5 Å². The molecule has 228 valence electrons. The van der Waals surface area contributed by atoms with Crippen molar-refractivity contribution in [2.75, 3.05) is 13.7 Å². The summed E-state index contributed by atoms with van der Waals surface area (Å²) < 4.78 is 7.93. The Balaban J connectivity index is 1.23. The number of carbonyl (C=O) groups is 2. The molecule has 6 atom stereocenters. The van der Waals surface area contributed by atoms with Crippen molar-refractivity contribution in [2.24, 2.45) is 17.3 Å². The first kappa shape index (κ1) is 31.0. The highest BCUT2D eigenvalue weighted by atomic mass is 32.2. The number of phenols is 1. The molecule has 3 aliphatic carbocycles. The first-order valence-corrected chi connectivity index (χ1v) is 17.0. The largest absolute Gasteiger partial charge is 0.508 e. The molecule has 0 bridgehead atoms. The molecule has 1 amide bonds. The van der Waals surface area contributed by atoms with Gasteiger partial charge in [0.25, 0.3) is 0 Å². The fourth-order valence-electron chi connectivity index (χ4n) is 8.25. The van der Waals surface area contributed by atoms with Gasteiger partial charge in [-0.2, -0.15) is 0 Å². The second-order valence-electron chi connectivity index (χ2n) is 13.2. The monoisotopic (exact) mass is 591 g/mol. The first-order chi connectivity index (χ1) is 20.2. The zero-order valence-electron chi connectivity index (χ0n) is 25.9. The predicted octanol–water partition coefficient (Wildman–Crippen LogP) is 8.45. The molecule has 2 aromatic carbocycles. The molecule has 0 heterocycles. The molecule has 42 heavy (non-hydrogen) atoms. The van der Waals surface area contributed by atoms with E-state index in [-0.39, 0.29) is 17.2 Å². The van der Waals surface area contributed by atoms with E-state index in [9.17, 15) is 14.7 Å². The molecular weight excluding hydrogens is 542 g/mol. The molecule has 0 radical (unpaired) electrons. The fourth-order valence-corrected chi connectivity index (χ4v) is 9.39. The number of rotatable bonds is 12. The number of carbonyl (C=O) groups excluding carboxylic acids is 2. The molecule has 0 aromatic heterocycles. The van der Waals surface area contributed by atoms with Crippen molar-refractivity contribution in [3.8, 4) is 11.5 Å². The van der Waals surface area contributed by atoms with Crippen LogP contribution in [0.2, 0.25) is 0 Å². The van der Waals surface area contributed by atoms with E-state index < -0.39 is 0 Å². The van der Waals surface area contributed by atoms with E-state index in [0.717, 1.165) is 63.5 Å². The summed E-state index contributed by atoms with van der Waals surface area (Å²) in [6.07, 6.45) is 11.4. The van der Waals surface area contributed by atoms with E-state index in [0.29, 0.717) is 41.1 Å². The number of nitrogens with zero attached hydrogens (tertiary/aromatic N) is 1. The minimum atomic E-state index is -0.234. The normalized spacial score (nSPS) is 27.1. The van der Waals surface area contributed by atoms with Gasteiger partial charge in [0.1, 0.15) is 17.3 Å². The maximum absolute atomic E-state index is 13.2. The van der Waals surface area contributed by atoms with Gasteiger partial charge in [0, 0.05) is 31.1 Å². The van der Waals surface area contributed by atoms with Crippen molar-refractivity contribution in [2.45, 2.75) is 108 Å². The Labute approximate surface area is 256 Å². The summed E-state index contributed by atoms with van der Waals surface area (Å²) in [5.41, 5.74) is 3.71. The highest BCUT2D eigenvalue weighted by molar-refractivity contribution is 7.98. The van der Waals surface area contributed by atoms with Crippen LogP contribution in [0.1, 0.15) is 114 Å². The van der Waals surface area contributed by atoms with Crippen LogP contribution < -0.4 is 4.74 Å². The molecule has 0 spiro atoms. The van der Waals surface area contributed by atoms with Gasteiger partial charge in [0.15, 0.2) is 0 Å². The molecule has 4 unspecified atom stereocenters. The van der Waals surface area contributed by atoms with Crippen LogP contribution in [0.4, 0.5) is 0 Å². The Bertz CT molecular complexity index is 1250. The Morgan fingerprint density at radius 2 is 1.86 bits per heavy atom. The van der Waals surface area contributed by atoms with Crippen molar-refractivity contribution < 1.29 is 19.4 Å². The minimum Gasteiger partial charge on any atom is -0.508 e. The number of phenolic OH excluding ortho intramolecular Hbond substituents is 1. The van der Waals surface area contributed by atoms with Crippen LogP contribution in [0, 0.1) is 17.3 Å². The fraction of sp³-hybridized carbons (Fsp3) is 0.611. The number of aryl methyl sites for hydroxylation is 1. The summed E-state index contributed by atoms with van der Waals surface area (Å²) in [5, 5.41) is 10.6. The van der Waals surface area contributed by atoms with Gasteiger partial charge in [0.2, 0.25) is 5.91 Å². The molecule has 6 heteroatoms. The third kappa shape index (κ3) is 6.54. The standard InChI is InChI=1S/C36H49NO4S/c1-5-6-9-29(42-37(4)24(2)38)10-7-8-21-41-28-15-11-25(12-16-28)32-23-36(3)33(19-20-34(36)40)31-17-13-26-22-27(39)14-18-30(26)35(31)32/h11-12,14-16,18,22,29,31-33,35,39H,5-10,13,17,19-21,23H2,1-4H3/t29?,31?,32-,33?,35?,36+/m1/s1. The minimum absolute atomic E-state index is 0.104. The molecule has 2 saturated carbocycles. The molecule has 1 N–H and O–H groups in total. The van der Waals surface area contributed by atoms with Crippen molar-refractivity contribution in [3.63, 3.8) is 0 Å². The van der Waals surface area contributed by atoms with E-state index in [2.05, 4.69) is 44.2 Å². The smallest absolute Gasteiger partial charge is 0.229 e. The van der Waals surface area contributed by atoms with Gasteiger partial charge in [-0.3, -0.25) is 13.9 Å². The quantitative estimate of drug-likeness (QED) is 0.198. The first-order valence-electron chi connectivity index (χ1n) is 16.2. The van der Waals surface area contributed by atoms with E-state index >= 15 is 0 Å². The van der Waals surface area contributed by atoms with Gasteiger partial charge in [0.05, 0.1) is 6.61 Å². The number of aromatic hydroxyl groups is 1. The average Bonchev–Trinajstić information content (AvgIpc) is 3.28. The molecule has 0 saturated heterocycles. The van der Waals surface area contributed by atoms with Crippen LogP contribution in [-0.4, -0.2) is 40.0 Å². The van der Waals surface area contributed by atoms with Gasteiger partial charge in [-0.15, -0.1) is 0 Å². The summed E-state index contributed by atoms with van der Waals surface area (Å²) in [4.78, 5) is 24.9. The average molecular weight is 592 g/mol. The van der Waals surface area contributed by atoms with E-state index in [1.54, 1.807) is 23.2 Å². The summed E-state index contributed by atoms with van der Waals surface area (Å²) in [5.74, 6) is 3.42. The number of hydrogen-bond acceptors (Lipinski definition) is 5. The molecule has 0 aliphatic heterocycles. The van der Waals surface area contributed by atoms with Gasteiger partial charge < -0.3 is 9.84 Å². The lowest BCUT2D eigenvalue weighted by Gasteiger charge is -2.52. The van der Waals surface area contributed by atoms with Crippen molar-refractivity contribution in [3.05, 3.63) is 59.2 Å². The van der Waals surface area contributed by atoms with Gasteiger partial charge in [-0.05, 0) is 128 Å². The number of benzene rings is 2. The van der Waals surface area contributed by atoms with E-state index in [4.69, 9.17) is 4.74 Å². The number of ketones is 1. The van der Waals surface area contributed by atoms with Gasteiger partial charge in [-0.25, -0.2) is 0 Å². The maximum Gasteiger partial charge on any atom is 0.229 e. The summed E-state index contributed by atoms with van der Waals surface area (Å²) in [6.45, 7) is 6.77. The Kier molecular flexibility index (Phi) is 9.92. The topological polar surface area (TPSA) is 66.8 Å². The molecular formula is C36H49NO4S. The Morgan fingerprint density at radius 1 is 1.10 bits per heavy atom. The second-order valence-corrected chi connectivity index (χ2v) is 14.6. The van der Waals surface area contributed by atoms with Crippen LogP contribution in [0.5, 0.6) is 11.5 Å². The van der Waals surface area contributed by atoms with Crippen LogP contribution >= 0.6 is 11.9 Å². The Hall–Kier alpha value is -2.47.